The van der Waals surface area contributed by atoms with Crippen molar-refractivity contribution in [3.8, 4) is 5.75 Å². The van der Waals surface area contributed by atoms with Crippen LogP contribution in [-0.2, 0) is 0 Å². The Labute approximate surface area is 190 Å². The van der Waals surface area contributed by atoms with Crippen LogP contribution in [-0.4, -0.2) is 54.1 Å². The van der Waals surface area contributed by atoms with Crippen LogP contribution < -0.4 is 19.9 Å². The van der Waals surface area contributed by atoms with Crippen LogP contribution in [0, 0.1) is 5.82 Å². The molecule has 3 heterocycles. The number of amides is 1. The van der Waals surface area contributed by atoms with E-state index in [1.54, 1.807) is 16.6 Å². The van der Waals surface area contributed by atoms with Crippen LogP contribution in [0.1, 0.15) is 34.6 Å². The first-order chi connectivity index (χ1) is 15.4. The molecule has 32 heavy (non-hydrogen) atoms. The highest BCUT2D eigenvalue weighted by Crippen LogP contribution is 2.26. The molecule has 10 heteroatoms. The molecule has 0 unspecified atom stereocenters. The number of rotatable bonds is 7. The number of halogens is 1. The average molecular weight is 457 g/mol. The van der Waals surface area contributed by atoms with E-state index in [0.29, 0.717) is 29.7 Å². The summed E-state index contributed by atoms with van der Waals surface area (Å²) in [6, 6.07) is 7.51. The lowest BCUT2D eigenvalue weighted by atomic mass is 10.1. The third-order valence-corrected chi connectivity index (χ3v) is 6.02. The lowest BCUT2D eigenvalue weighted by Crippen LogP contribution is -2.27. The number of nitrogens with one attached hydrogen (secondary N) is 1. The molecule has 168 valence electrons. The SMILES string of the molecule is C[C@H](NC(=O)c1cncs1)c1ccc(O[C@@H]2CCN(c3nc(N(C)C)ncc3F)C2)cc1. The summed E-state index contributed by atoms with van der Waals surface area (Å²) in [6.45, 7) is 3.13. The predicted molar refractivity (Wildman–Crippen MR) is 122 cm³/mol. The van der Waals surface area contributed by atoms with Gasteiger partial charge in [0.15, 0.2) is 11.6 Å². The van der Waals surface area contributed by atoms with Crippen molar-refractivity contribution in [3.63, 3.8) is 0 Å². The third kappa shape index (κ3) is 4.96. The number of nitrogens with zero attached hydrogens (tertiary/aromatic N) is 5. The number of thiazole rings is 1. The van der Waals surface area contributed by atoms with Crippen molar-refractivity contribution in [2.45, 2.75) is 25.5 Å². The van der Waals surface area contributed by atoms with E-state index in [-0.39, 0.29) is 18.1 Å². The maximum atomic E-state index is 14.3. The number of hydrogen-bond donors (Lipinski definition) is 1. The van der Waals surface area contributed by atoms with E-state index in [1.165, 1.54) is 17.5 Å². The zero-order valence-electron chi connectivity index (χ0n) is 18.2. The molecule has 1 amide bonds. The molecule has 1 aromatic carbocycles. The van der Waals surface area contributed by atoms with Crippen LogP contribution in [0.5, 0.6) is 5.75 Å². The third-order valence-electron chi connectivity index (χ3n) is 5.24. The van der Waals surface area contributed by atoms with E-state index in [1.807, 2.05) is 50.2 Å². The Morgan fingerprint density at radius 3 is 2.78 bits per heavy atom. The van der Waals surface area contributed by atoms with Gasteiger partial charge in [-0.15, -0.1) is 11.3 Å². The van der Waals surface area contributed by atoms with Crippen LogP contribution in [0.25, 0.3) is 0 Å². The molecule has 0 aliphatic carbocycles. The largest absolute Gasteiger partial charge is 0.489 e. The standard InChI is InChI=1S/C22H25FN6O2S/c1-14(26-21(30)19-11-24-13-32-19)15-4-6-16(7-5-15)31-17-8-9-29(12-17)20-18(23)10-25-22(27-20)28(2)3/h4-7,10-11,13-14,17H,8-9,12H2,1-3H3,(H,26,30)/t14-,17+/m0/s1. The first kappa shape index (κ1) is 21.9. The van der Waals surface area contributed by atoms with Crippen LogP contribution in [0.4, 0.5) is 16.2 Å². The van der Waals surface area contributed by atoms with E-state index < -0.39 is 5.82 Å². The minimum atomic E-state index is -0.435. The van der Waals surface area contributed by atoms with Gasteiger partial charge < -0.3 is 19.9 Å². The van der Waals surface area contributed by atoms with E-state index in [2.05, 4.69) is 20.3 Å². The molecule has 8 nitrogen and oxygen atoms in total. The van der Waals surface area contributed by atoms with Crippen LogP contribution in [0.2, 0.25) is 0 Å². The Morgan fingerprint density at radius 1 is 1.31 bits per heavy atom. The first-order valence-electron chi connectivity index (χ1n) is 10.3. The maximum Gasteiger partial charge on any atom is 0.263 e. The van der Waals surface area contributed by atoms with Crippen molar-refractivity contribution in [1.29, 1.82) is 0 Å². The van der Waals surface area contributed by atoms with E-state index in [9.17, 15) is 9.18 Å². The Hall–Kier alpha value is -3.27. The molecule has 3 aromatic rings. The number of carbonyl (C=O) groups excluding carboxylic acids is 1. The summed E-state index contributed by atoms with van der Waals surface area (Å²) in [6.07, 6.45) is 3.47. The normalized spacial score (nSPS) is 16.6. The average Bonchev–Trinajstić information content (AvgIpc) is 3.47. The van der Waals surface area contributed by atoms with Gasteiger partial charge in [-0.25, -0.2) is 9.37 Å². The molecule has 0 bridgehead atoms. The first-order valence-corrected chi connectivity index (χ1v) is 11.2. The minimum absolute atomic E-state index is 0.0681. The predicted octanol–water partition coefficient (Wildman–Crippen LogP) is 3.29. The summed E-state index contributed by atoms with van der Waals surface area (Å²) in [5.74, 6) is 0.933. The zero-order valence-corrected chi connectivity index (χ0v) is 19.0. The molecular formula is C22H25FN6O2S. The highest BCUT2D eigenvalue weighted by Gasteiger charge is 2.27. The fraction of sp³-hybridized carbons (Fsp3) is 0.364. The molecule has 1 N–H and O–H groups in total. The number of hydrogen-bond acceptors (Lipinski definition) is 8. The van der Waals surface area contributed by atoms with Gasteiger partial charge in [-0.3, -0.25) is 9.78 Å². The Morgan fingerprint density at radius 2 is 2.09 bits per heavy atom. The maximum absolute atomic E-state index is 14.3. The highest BCUT2D eigenvalue weighted by atomic mass is 32.1. The van der Waals surface area contributed by atoms with Crippen molar-refractivity contribution in [1.82, 2.24) is 20.3 Å². The van der Waals surface area contributed by atoms with Gasteiger partial charge >= 0.3 is 0 Å². The summed E-state index contributed by atoms with van der Waals surface area (Å²) < 4.78 is 20.4. The Bertz CT molecular complexity index is 1060. The van der Waals surface area contributed by atoms with Gasteiger partial charge in [0.1, 0.15) is 16.7 Å². The van der Waals surface area contributed by atoms with Crippen molar-refractivity contribution in [2.24, 2.45) is 0 Å². The summed E-state index contributed by atoms with van der Waals surface area (Å²) in [5, 5.41) is 2.97. The topological polar surface area (TPSA) is 83.5 Å². The second-order valence-corrected chi connectivity index (χ2v) is 8.73. The zero-order chi connectivity index (χ0) is 22.7. The Kier molecular flexibility index (Phi) is 6.50. The molecule has 2 atom stereocenters. The number of anilines is 2. The molecule has 1 fully saturated rings. The second kappa shape index (κ2) is 9.47. The van der Waals surface area contributed by atoms with E-state index in [0.717, 1.165) is 17.7 Å². The van der Waals surface area contributed by atoms with Crippen molar-refractivity contribution in [2.75, 3.05) is 37.0 Å². The van der Waals surface area contributed by atoms with Gasteiger partial charge in [-0.05, 0) is 24.6 Å². The summed E-state index contributed by atoms with van der Waals surface area (Å²) >= 11 is 1.31. The van der Waals surface area contributed by atoms with Gasteiger partial charge in [0, 0.05) is 27.1 Å². The van der Waals surface area contributed by atoms with Gasteiger partial charge in [-0.2, -0.15) is 4.98 Å². The molecule has 0 radical (unpaired) electrons. The molecular weight excluding hydrogens is 431 g/mol. The summed E-state index contributed by atoms with van der Waals surface area (Å²) in [7, 11) is 3.64. The smallest absolute Gasteiger partial charge is 0.263 e. The molecule has 1 saturated heterocycles. The fourth-order valence-corrected chi connectivity index (χ4v) is 4.03. The molecule has 1 aliphatic rings. The van der Waals surface area contributed by atoms with Gasteiger partial charge in [-0.1, -0.05) is 12.1 Å². The quantitative estimate of drug-likeness (QED) is 0.584. The number of aromatic nitrogens is 3. The van der Waals surface area contributed by atoms with E-state index in [4.69, 9.17) is 4.74 Å². The van der Waals surface area contributed by atoms with Crippen LogP contribution in [0.15, 0.2) is 42.2 Å². The molecule has 1 aliphatic heterocycles. The molecule has 4 rings (SSSR count). The van der Waals surface area contributed by atoms with Crippen LogP contribution in [0.3, 0.4) is 0 Å². The summed E-state index contributed by atoms with van der Waals surface area (Å²) in [5.41, 5.74) is 2.61. The monoisotopic (exact) mass is 456 g/mol. The fourth-order valence-electron chi connectivity index (χ4n) is 3.51. The molecule has 0 saturated carbocycles. The van der Waals surface area contributed by atoms with Gasteiger partial charge in [0.2, 0.25) is 5.95 Å². The number of benzene rings is 1. The highest BCUT2D eigenvalue weighted by molar-refractivity contribution is 7.11. The Balaban J connectivity index is 1.34. The molecule has 0 spiro atoms. The van der Waals surface area contributed by atoms with Crippen molar-refractivity contribution in [3.05, 3.63) is 58.4 Å². The minimum Gasteiger partial charge on any atom is -0.489 e. The van der Waals surface area contributed by atoms with Crippen molar-refractivity contribution >= 4 is 29.0 Å². The van der Waals surface area contributed by atoms with Gasteiger partial charge in [0.05, 0.1) is 30.5 Å². The summed E-state index contributed by atoms with van der Waals surface area (Å²) in [4.78, 5) is 28.7. The molecule has 2 aromatic heterocycles. The van der Waals surface area contributed by atoms with E-state index >= 15 is 0 Å². The van der Waals surface area contributed by atoms with Crippen molar-refractivity contribution < 1.29 is 13.9 Å². The van der Waals surface area contributed by atoms with Crippen LogP contribution >= 0.6 is 11.3 Å². The number of carbonyl (C=O) groups is 1. The lowest BCUT2D eigenvalue weighted by molar-refractivity contribution is 0.0944. The number of ether oxygens (including phenoxy) is 1. The van der Waals surface area contributed by atoms with Gasteiger partial charge in [0.25, 0.3) is 5.91 Å². The lowest BCUT2D eigenvalue weighted by Gasteiger charge is -2.20. The second-order valence-electron chi connectivity index (χ2n) is 7.84.